The summed E-state index contributed by atoms with van der Waals surface area (Å²) in [5.74, 6) is 0.849. The number of aromatic amines is 1. The third-order valence-electron chi connectivity index (χ3n) is 5.05. The van der Waals surface area contributed by atoms with Crippen LogP contribution in [0, 0.1) is 6.92 Å². The van der Waals surface area contributed by atoms with Crippen molar-refractivity contribution in [2.75, 3.05) is 0 Å². The Balaban J connectivity index is 0.000000497. The topological polar surface area (TPSA) is 87.2 Å². The predicted molar refractivity (Wildman–Crippen MR) is 137 cm³/mol. The number of hydrogen-bond donors (Lipinski definition) is 3. The lowest BCUT2D eigenvalue weighted by Crippen LogP contribution is -2.40. The Bertz CT molecular complexity index is 963. The smallest absolute Gasteiger partial charge is 0.407 e. The number of nitrogens with zero attached hydrogens (tertiary/aromatic N) is 1. The van der Waals surface area contributed by atoms with E-state index in [9.17, 15) is 9.90 Å². The van der Waals surface area contributed by atoms with Gasteiger partial charge in [0.1, 0.15) is 11.4 Å². The molecule has 2 atom stereocenters. The highest BCUT2D eigenvalue weighted by atomic mass is 16.6. The molecule has 34 heavy (non-hydrogen) atoms. The summed E-state index contributed by atoms with van der Waals surface area (Å²) in [5, 5.41) is 12.6. The van der Waals surface area contributed by atoms with E-state index < -0.39 is 17.8 Å². The molecule has 6 nitrogen and oxygen atoms in total. The molecule has 1 heterocycles. The number of aromatic nitrogens is 2. The summed E-state index contributed by atoms with van der Waals surface area (Å²) in [5.41, 5.74) is 2.69. The van der Waals surface area contributed by atoms with E-state index in [1.54, 1.807) is 13.1 Å². The van der Waals surface area contributed by atoms with Crippen molar-refractivity contribution in [2.45, 2.75) is 78.0 Å². The third kappa shape index (κ3) is 11.1. The first-order valence-corrected chi connectivity index (χ1v) is 11.9. The zero-order chi connectivity index (χ0) is 25.0. The predicted octanol–water partition coefficient (Wildman–Crippen LogP) is 5.92. The molecule has 0 saturated heterocycles. The summed E-state index contributed by atoms with van der Waals surface area (Å²) < 4.78 is 5.40. The Morgan fingerprint density at radius 1 is 1.09 bits per heavy atom. The van der Waals surface area contributed by atoms with Crippen LogP contribution in [0.15, 0.2) is 66.9 Å². The van der Waals surface area contributed by atoms with Gasteiger partial charge < -0.3 is 20.1 Å². The highest BCUT2D eigenvalue weighted by molar-refractivity contribution is 5.68. The van der Waals surface area contributed by atoms with Crippen molar-refractivity contribution in [3.8, 4) is 0 Å². The van der Waals surface area contributed by atoms with Gasteiger partial charge in [0.2, 0.25) is 0 Å². The van der Waals surface area contributed by atoms with Crippen molar-refractivity contribution in [1.29, 1.82) is 0 Å². The second-order valence-electron chi connectivity index (χ2n) is 9.54. The fraction of sp³-hybridized carbons (Fsp3) is 0.429. The van der Waals surface area contributed by atoms with Gasteiger partial charge >= 0.3 is 6.09 Å². The average molecular weight is 466 g/mol. The number of carbonyl (C=O) groups excluding carboxylic acids is 1. The molecule has 0 fully saturated rings. The number of aliphatic hydroxyl groups is 1. The van der Waals surface area contributed by atoms with Gasteiger partial charge in [-0.25, -0.2) is 9.78 Å². The van der Waals surface area contributed by atoms with E-state index in [1.807, 2.05) is 57.2 Å². The lowest BCUT2D eigenvalue weighted by molar-refractivity contribution is 0.0501. The second-order valence-corrected chi connectivity index (χ2v) is 9.54. The molecule has 0 bridgehead atoms. The molecular weight excluding hydrogens is 426 g/mol. The molecule has 0 aliphatic carbocycles. The minimum Gasteiger partial charge on any atom is -0.444 e. The normalized spacial score (nSPS) is 12.8. The highest BCUT2D eigenvalue weighted by Gasteiger charge is 2.20. The molecule has 2 aromatic carbocycles. The number of alkyl carbamates (subject to hydrolysis) is 1. The van der Waals surface area contributed by atoms with Crippen LogP contribution in [0.1, 0.15) is 69.3 Å². The van der Waals surface area contributed by atoms with E-state index >= 15 is 0 Å². The van der Waals surface area contributed by atoms with E-state index in [4.69, 9.17) is 4.74 Å². The van der Waals surface area contributed by atoms with Crippen molar-refractivity contribution in [1.82, 2.24) is 15.3 Å². The third-order valence-corrected chi connectivity index (χ3v) is 5.05. The first kappa shape index (κ1) is 27.1. The number of nitrogens with one attached hydrogen (secondary N) is 2. The number of rotatable bonds is 8. The van der Waals surface area contributed by atoms with Crippen molar-refractivity contribution in [3.05, 3.63) is 89.5 Å². The minimum atomic E-state index is -0.550. The van der Waals surface area contributed by atoms with Crippen LogP contribution in [0.4, 0.5) is 4.79 Å². The van der Waals surface area contributed by atoms with E-state index in [0.29, 0.717) is 0 Å². The number of imidazole rings is 1. The zero-order valence-corrected chi connectivity index (χ0v) is 21.0. The number of amides is 1. The van der Waals surface area contributed by atoms with Gasteiger partial charge in [-0.3, -0.25) is 0 Å². The van der Waals surface area contributed by atoms with Gasteiger partial charge in [0.05, 0.1) is 18.0 Å². The molecular formula is C28H39N3O3. The van der Waals surface area contributed by atoms with Gasteiger partial charge in [0.25, 0.3) is 0 Å². The maximum atomic E-state index is 12.2. The van der Waals surface area contributed by atoms with Gasteiger partial charge in [-0.15, -0.1) is 0 Å². The summed E-state index contributed by atoms with van der Waals surface area (Å²) in [6.07, 6.45) is 3.90. The molecule has 3 aromatic rings. The van der Waals surface area contributed by atoms with Gasteiger partial charge in [0, 0.05) is 12.5 Å². The molecule has 184 valence electrons. The second kappa shape index (κ2) is 13.6. The Morgan fingerprint density at radius 2 is 1.71 bits per heavy atom. The number of ether oxygens (including phenoxy) is 1. The maximum Gasteiger partial charge on any atom is 0.407 e. The zero-order valence-electron chi connectivity index (χ0n) is 21.0. The van der Waals surface area contributed by atoms with E-state index in [0.717, 1.165) is 37.2 Å². The first-order chi connectivity index (χ1) is 16.1. The molecule has 6 heteroatoms. The number of hydrogen-bond acceptors (Lipinski definition) is 4. The molecule has 0 aliphatic heterocycles. The van der Waals surface area contributed by atoms with Crippen molar-refractivity contribution < 1.29 is 14.6 Å². The molecule has 3 rings (SSSR count). The molecule has 0 spiro atoms. The number of benzene rings is 2. The Kier molecular flexibility index (Phi) is 10.8. The summed E-state index contributed by atoms with van der Waals surface area (Å²) in [4.78, 5) is 19.6. The number of aryl methyl sites for hydroxylation is 2. The van der Waals surface area contributed by atoms with Crippen LogP contribution in [0.3, 0.4) is 0 Å². The highest BCUT2D eigenvalue weighted by Crippen LogP contribution is 2.14. The lowest BCUT2D eigenvalue weighted by Gasteiger charge is -2.24. The van der Waals surface area contributed by atoms with Gasteiger partial charge in [0.15, 0.2) is 0 Å². The molecule has 1 unspecified atom stereocenters. The van der Waals surface area contributed by atoms with E-state index in [-0.39, 0.29) is 6.04 Å². The number of carbonyl (C=O) groups is 1. The van der Waals surface area contributed by atoms with Crippen molar-refractivity contribution in [3.63, 3.8) is 0 Å². The minimum absolute atomic E-state index is 0.0200. The standard InChI is InChI=1S/C21H31N3O3.C7H8/c1-15(25)18-14-22-19(24-18)12-8-11-17(13-16-9-6-5-7-10-16)23-20(26)27-21(2,3)4;1-7-5-3-2-4-6-7/h5-7,9-10,14-15,17,25H,8,11-13H2,1-4H3,(H,22,24)(H,23,26);2-6H,1H3/t15?,17-;/m1./s1. The van der Waals surface area contributed by atoms with Crippen molar-refractivity contribution >= 4 is 6.09 Å². The van der Waals surface area contributed by atoms with E-state index in [2.05, 4.69) is 46.5 Å². The molecule has 3 N–H and O–H groups in total. The Labute approximate surface area is 203 Å². The van der Waals surface area contributed by atoms with Crippen LogP contribution in [0.2, 0.25) is 0 Å². The summed E-state index contributed by atoms with van der Waals surface area (Å²) in [6, 6.07) is 20.3. The average Bonchev–Trinajstić information content (AvgIpc) is 3.23. The van der Waals surface area contributed by atoms with Gasteiger partial charge in [-0.1, -0.05) is 66.2 Å². The summed E-state index contributed by atoms with van der Waals surface area (Å²) in [7, 11) is 0. The van der Waals surface area contributed by atoms with Crippen LogP contribution in [-0.2, 0) is 17.6 Å². The largest absolute Gasteiger partial charge is 0.444 e. The maximum absolute atomic E-state index is 12.2. The van der Waals surface area contributed by atoms with Crippen LogP contribution < -0.4 is 5.32 Å². The van der Waals surface area contributed by atoms with Crippen LogP contribution in [-0.4, -0.2) is 32.8 Å². The van der Waals surface area contributed by atoms with Crippen LogP contribution in [0.5, 0.6) is 0 Å². The molecule has 1 aromatic heterocycles. The van der Waals surface area contributed by atoms with Crippen molar-refractivity contribution in [2.24, 2.45) is 0 Å². The van der Waals surface area contributed by atoms with Crippen LogP contribution >= 0.6 is 0 Å². The summed E-state index contributed by atoms with van der Waals surface area (Å²) >= 11 is 0. The Hall–Kier alpha value is -3.12. The lowest BCUT2D eigenvalue weighted by atomic mass is 10.0. The quantitative estimate of drug-likeness (QED) is 0.385. The molecule has 0 aliphatic rings. The Morgan fingerprint density at radius 3 is 2.21 bits per heavy atom. The van der Waals surface area contributed by atoms with Crippen LogP contribution in [0.25, 0.3) is 0 Å². The molecule has 1 amide bonds. The SMILES string of the molecule is CC(O)c1cnc(CCC[C@H](Cc2ccccc2)NC(=O)OC(C)(C)C)[nH]1.Cc1ccccc1. The fourth-order valence-corrected chi connectivity index (χ4v) is 3.37. The van der Waals surface area contributed by atoms with Gasteiger partial charge in [-0.2, -0.15) is 0 Å². The number of aliphatic hydroxyl groups excluding tert-OH is 1. The van der Waals surface area contributed by atoms with Gasteiger partial charge in [-0.05, 0) is 59.4 Å². The first-order valence-electron chi connectivity index (χ1n) is 11.9. The molecule has 0 saturated carbocycles. The monoisotopic (exact) mass is 465 g/mol. The summed E-state index contributed by atoms with van der Waals surface area (Å²) in [6.45, 7) is 9.36. The fourth-order valence-electron chi connectivity index (χ4n) is 3.37. The van der Waals surface area contributed by atoms with E-state index in [1.165, 1.54) is 11.1 Å². The number of H-pyrrole nitrogens is 1. The molecule has 0 radical (unpaired) electrons.